The smallest absolute Gasteiger partial charge is 0.261 e. The van der Waals surface area contributed by atoms with E-state index in [1.807, 2.05) is 20.8 Å². The lowest BCUT2D eigenvalue weighted by atomic mass is 10.1. The number of amides is 2. The predicted molar refractivity (Wildman–Crippen MR) is 121 cm³/mol. The number of nitrogens with zero attached hydrogens (tertiary/aromatic N) is 1. The Morgan fingerprint density at radius 3 is 2.40 bits per heavy atom. The van der Waals surface area contributed by atoms with E-state index in [2.05, 4.69) is 5.32 Å². The Bertz CT molecular complexity index is 905. The summed E-state index contributed by atoms with van der Waals surface area (Å²) in [5.74, 6) is -0.0201. The van der Waals surface area contributed by atoms with Gasteiger partial charge in [0.05, 0.1) is 0 Å². The number of hydrogen-bond acceptors (Lipinski definition) is 3. The van der Waals surface area contributed by atoms with Crippen LogP contribution < -0.4 is 10.1 Å². The zero-order valence-corrected chi connectivity index (χ0v) is 19.4. The van der Waals surface area contributed by atoms with Crippen LogP contribution in [0.2, 0.25) is 15.1 Å². The first-order valence-corrected chi connectivity index (χ1v) is 10.8. The van der Waals surface area contributed by atoms with E-state index in [-0.39, 0.29) is 25.0 Å². The van der Waals surface area contributed by atoms with Gasteiger partial charge in [0.25, 0.3) is 5.91 Å². The van der Waals surface area contributed by atoms with Crippen LogP contribution in [0.15, 0.2) is 36.4 Å². The molecular weight excluding hydrogens is 447 g/mol. The molecule has 0 saturated heterocycles. The van der Waals surface area contributed by atoms with Gasteiger partial charge in [-0.3, -0.25) is 9.59 Å². The molecule has 0 radical (unpaired) electrons. The molecule has 0 bridgehead atoms. The zero-order chi connectivity index (χ0) is 22.3. The summed E-state index contributed by atoms with van der Waals surface area (Å²) in [5.41, 5.74) is 1.54. The number of likely N-dealkylation sites (N-methyl/N-ethyl adjacent to an activating group) is 1. The first kappa shape index (κ1) is 24.3. The minimum Gasteiger partial charge on any atom is -0.484 e. The van der Waals surface area contributed by atoms with Crippen LogP contribution in [0.1, 0.15) is 31.4 Å². The van der Waals surface area contributed by atoms with Crippen LogP contribution in [0, 0.1) is 6.92 Å². The lowest BCUT2D eigenvalue weighted by Crippen LogP contribution is -2.50. The van der Waals surface area contributed by atoms with Crippen LogP contribution in [0.4, 0.5) is 0 Å². The largest absolute Gasteiger partial charge is 0.484 e. The number of carbonyl (C=O) groups excluding carboxylic acids is 2. The Kier molecular flexibility index (Phi) is 9.28. The van der Waals surface area contributed by atoms with Crippen molar-refractivity contribution in [3.05, 3.63) is 62.6 Å². The van der Waals surface area contributed by atoms with Gasteiger partial charge in [0.15, 0.2) is 6.61 Å². The molecule has 0 aromatic heterocycles. The predicted octanol–water partition coefficient (Wildman–Crippen LogP) is 5.28. The topological polar surface area (TPSA) is 58.6 Å². The van der Waals surface area contributed by atoms with Crippen molar-refractivity contribution in [2.24, 2.45) is 0 Å². The summed E-state index contributed by atoms with van der Waals surface area (Å²) in [7, 11) is 0. The maximum Gasteiger partial charge on any atom is 0.261 e. The van der Waals surface area contributed by atoms with Crippen molar-refractivity contribution in [2.45, 2.75) is 39.8 Å². The number of rotatable bonds is 9. The van der Waals surface area contributed by atoms with Gasteiger partial charge in [-0.15, -0.1) is 0 Å². The minimum atomic E-state index is -0.653. The third kappa shape index (κ3) is 6.53. The molecule has 0 heterocycles. The fourth-order valence-electron chi connectivity index (χ4n) is 2.98. The van der Waals surface area contributed by atoms with E-state index in [4.69, 9.17) is 39.5 Å². The highest BCUT2D eigenvalue weighted by Crippen LogP contribution is 2.24. The second-order valence-electron chi connectivity index (χ2n) is 6.78. The molecule has 0 unspecified atom stereocenters. The van der Waals surface area contributed by atoms with Gasteiger partial charge < -0.3 is 15.0 Å². The quantitative estimate of drug-likeness (QED) is 0.541. The molecular formula is C22H25Cl3N2O3. The standard InChI is InChI=1S/C22H25Cl3N2O3/c1-4-20(22(29)26-5-2)27(12-15-6-7-16(23)11-19(15)25)21(28)13-30-17-8-9-18(24)14(3)10-17/h6-11,20H,4-5,12-13H2,1-3H3,(H,26,29)/t20-/m0/s1. The third-order valence-corrected chi connectivity index (χ3v) is 5.60. The number of nitrogens with one attached hydrogen (secondary N) is 1. The Morgan fingerprint density at radius 2 is 1.80 bits per heavy atom. The first-order valence-electron chi connectivity index (χ1n) is 9.66. The van der Waals surface area contributed by atoms with Crippen LogP contribution >= 0.6 is 34.8 Å². The van der Waals surface area contributed by atoms with Crippen molar-refractivity contribution < 1.29 is 14.3 Å². The van der Waals surface area contributed by atoms with Crippen LogP contribution in [0.25, 0.3) is 0 Å². The maximum atomic E-state index is 13.1. The Hall–Kier alpha value is -1.95. The highest BCUT2D eigenvalue weighted by atomic mass is 35.5. The Labute approximate surface area is 192 Å². The SMILES string of the molecule is CCNC(=O)[C@H](CC)N(Cc1ccc(Cl)cc1Cl)C(=O)COc1ccc(Cl)c(C)c1. The normalized spacial score (nSPS) is 11.7. The van der Waals surface area contributed by atoms with E-state index in [1.165, 1.54) is 4.90 Å². The number of hydrogen-bond donors (Lipinski definition) is 1. The van der Waals surface area contributed by atoms with Crippen molar-refractivity contribution in [1.82, 2.24) is 10.2 Å². The second-order valence-corrected chi connectivity index (χ2v) is 8.03. The molecule has 5 nitrogen and oxygen atoms in total. The average molecular weight is 472 g/mol. The molecule has 2 amide bonds. The molecule has 8 heteroatoms. The van der Waals surface area contributed by atoms with Crippen LogP contribution in [-0.4, -0.2) is 35.9 Å². The van der Waals surface area contributed by atoms with Crippen molar-refractivity contribution >= 4 is 46.6 Å². The van der Waals surface area contributed by atoms with E-state index in [9.17, 15) is 9.59 Å². The number of carbonyl (C=O) groups is 2. The number of ether oxygens (including phenoxy) is 1. The second kappa shape index (κ2) is 11.4. The van der Waals surface area contributed by atoms with Crippen molar-refractivity contribution in [3.8, 4) is 5.75 Å². The number of benzene rings is 2. The number of halogens is 3. The van der Waals surface area contributed by atoms with Gasteiger partial charge in [-0.25, -0.2) is 0 Å². The molecule has 0 fully saturated rings. The van der Waals surface area contributed by atoms with E-state index in [0.29, 0.717) is 39.3 Å². The highest BCUT2D eigenvalue weighted by molar-refractivity contribution is 6.35. The molecule has 0 aliphatic heterocycles. The molecule has 30 heavy (non-hydrogen) atoms. The lowest BCUT2D eigenvalue weighted by Gasteiger charge is -2.30. The first-order chi connectivity index (χ1) is 14.3. The molecule has 162 valence electrons. The zero-order valence-electron chi connectivity index (χ0n) is 17.2. The summed E-state index contributed by atoms with van der Waals surface area (Å²) in [6, 6.07) is 9.58. The van der Waals surface area contributed by atoms with Gasteiger partial charge in [-0.05, 0) is 61.7 Å². The van der Waals surface area contributed by atoms with Gasteiger partial charge >= 0.3 is 0 Å². The van der Waals surface area contributed by atoms with E-state index >= 15 is 0 Å². The lowest BCUT2D eigenvalue weighted by molar-refractivity contribution is -0.142. The van der Waals surface area contributed by atoms with Crippen molar-refractivity contribution in [2.75, 3.05) is 13.2 Å². The molecule has 0 aliphatic carbocycles. The summed E-state index contributed by atoms with van der Waals surface area (Å²) < 4.78 is 5.67. The molecule has 1 atom stereocenters. The molecule has 2 aromatic carbocycles. The van der Waals surface area contributed by atoms with Gasteiger partial charge in [0.1, 0.15) is 11.8 Å². The maximum absolute atomic E-state index is 13.1. The summed E-state index contributed by atoms with van der Waals surface area (Å²) in [6.07, 6.45) is 0.447. The van der Waals surface area contributed by atoms with E-state index in [1.54, 1.807) is 36.4 Å². The summed E-state index contributed by atoms with van der Waals surface area (Å²) >= 11 is 18.3. The van der Waals surface area contributed by atoms with E-state index in [0.717, 1.165) is 5.56 Å². The molecule has 1 N–H and O–H groups in total. The Morgan fingerprint density at radius 1 is 1.07 bits per heavy atom. The summed E-state index contributed by atoms with van der Waals surface area (Å²) in [5, 5.41) is 4.34. The van der Waals surface area contributed by atoms with Crippen molar-refractivity contribution in [3.63, 3.8) is 0 Å². The van der Waals surface area contributed by atoms with Crippen LogP contribution in [0.3, 0.4) is 0 Å². The summed E-state index contributed by atoms with van der Waals surface area (Å²) in [6.45, 7) is 5.95. The van der Waals surface area contributed by atoms with Gasteiger partial charge in [0.2, 0.25) is 5.91 Å². The van der Waals surface area contributed by atoms with Gasteiger partial charge in [0, 0.05) is 28.2 Å². The van der Waals surface area contributed by atoms with E-state index < -0.39 is 6.04 Å². The minimum absolute atomic E-state index is 0.160. The average Bonchev–Trinajstić information content (AvgIpc) is 2.70. The Balaban J connectivity index is 2.24. The molecule has 0 saturated carbocycles. The van der Waals surface area contributed by atoms with Gasteiger partial charge in [-0.2, -0.15) is 0 Å². The molecule has 2 rings (SSSR count). The highest BCUT2D eigenvalue weighted by Gasteiger charge is 2.29. The number of aryl methyl sites for hydroxylation is 1. The monoisotopic (exact) mass is 470 g/mol. The molecule has 0 aliphatic rings. The van der Waals surface area contributed by atoms with Gasteiger partial charge in [-0.1, -0.05) is 47.8 Å². The fourth-order valence-corrected chi connectivity index (χ4v) is 3.57. The molecule has 2 aromatic rings. The fraction of sp³-hybridized carbons (Fsp3) is 0.364. The molecule has 0 spiro atoms. The van der Waals surface area contributed by atoms with Crippen molar-refractivity contribution in [1.29, 1.82) is 0 Å². The summed E-state index contributed by atoms with van der Waals surface area (Å²) in [4.78, 5) is 27.2. The van der Waals surface area contributed by atoms with Crippen LogP contribution in [-0.2, 0) is 16.1 Å². The third-order valence-electron chi connectivity index (χ3n) is 4.58. The van der Waals surface area contributed by atoms with Crippen LogP contribution in [0.5, 0.6) is 5.75 Å².